The second-order valence-corrected chi connectivity index (χ2v) is 7.77. The number of piperazine rings is 1. The molecule has 0 saturated carbocycles. The van der Waals surface area contributed by atoms with E-state index in [2.05, 4.69) is 4.90 Å². The van der Waals surface area contributed by atoms with Crippen LogP contribution in [0.5, 0.6) is 0 Å². The Labute approximate surface area is 190 Å². The Hall–Kier alpha value is -3.22. The minimum atomic E-state index is -0.474. The molecular formula is C25H33FN2O4. The van der Waals surface area contributed by atoms with Gasteiger partial charge in [-0.05, 0) is 45.0 Å². The summed E-state index contributed by atoms with van der Waals surface area (Å²) in [5, 5.41) is 0. The summed E-state index contributed by atoms with van der Waals surface area (Å²) in [5.41, 5.74) is 1.25. The minimum Gasteiger partial charge on any atom is -0.444 e. The molecule has 2 aromatic rings. The third-order valence-corrected chi connectivity index (χ3v) is 4.37. The average Bonchev–Trinajstić information content (AvgIpc) is 2.80. The SMILES string of the molecule is CC.CC(C)(C)OC(=O)N1CCN(c2ccccc2C=O)CC1.O=Cc1ccccc1F. The molecule has 0 radical (unpaired) electrons. The van der Waals surface area contributed by atoms with Crippen molar-refractivity contribution in [1.82, 2.24) is 4.90 Å². The van der Waals surface area contributed by atoms with Gasteiger partial charge in [-0.3, -0.25) is 9.59 Å². The lowest BCUT2D eigenvalue weighted by atomic mass is 10.1. The van der Waals surface area contributed by atoms with Gasteiger partial charge >= 0.3 is 6.09 Å². The molecule has 1 amide bonds. The molecule has 0 aromatic heterocycles. The number of carbonyl (C=O) groups is 3. The Morgan fingerprint density at radius 1 is 0.875 bits per heavy atom. The number of aldehydes is 2. The molecule has 0 atom stereocenters. The van der Waals surface area contributed by atoms with E-state index >= 15 is 0 Å². The fourth-order valence-electron chi connectivity index (χ4n) is 2.90. The van der Waals surface area contributed by atoms with Crippen LogP contribution in [0, 0.1) is 5.82 Å². The second kappa shape index (κ2) is 13.2. The van der Waals surface area contributed by atoms with Gasteiger partial charge in [0, 0.05) is 37.4 Å². The number of hydrogen-bond acceptors (Lipinski definition) is 5. The molecule has 1 aliphatic heterocycles. The highest BCUT2D eigenvalue weighted by Gasteiger charge is 2.26. The Morgan fingerprint density at radius 3 is 1.84 bits per heavy atom. The maximum atomic E-state index is 12.4. The Balaban J connectivity index is 0.000000388. The molecule has 1 saturated heterocycles. The van der Waals surface area contributed by atoms with E-state index in [1.54, 1.807) is 17.0 Å². The van der Waals surface area contributed by atoms with E-state index in [-0.39, 0.29) is 11.7 Å². The first-order valence-electron chi connectivity index (χ1n) is 10.7. The van der Waals surface area contributed by atoms with Gasteiger partial charge in [-0.15, -0.1) is 0 Å². The van der Waals surface area contributed by atoms with Crippen LogP contribution >= 0.6 is 0 Å². The predicted molar refractivity (Wildman–Crippen MR) is 125 cm³/mol. The zero-order valence-corrected chi connectivity index (χ0v) is 19.5. The minimum absolute atomic E-state index is 0.109. The highest BCUT2D eigenvalue weighted by Crippen LogP contribution is 2.21. The molecule has 7 heteroatoms. The average molecular weight is 445 g/mol. The van der Waals surface area contributed by atoms with Crippen LogP contribution < -0.4 is 4.90 Å². The van der Waals surface area contributed by atoms with Crippen LogP contribution in [0.4, 0.5) is 14.9 Å². The van der Waals surface area contributed by atoms with Gasteiger partial charge in [-0.1, -0.05) is 38.1 Å². The Bertz CT molecular complexity index is 872. The normalized spacial score (nSPS) is 13.1. The lowest BCUT2D eigenvalue weighted by Crippen LogP contribution is -2.50. The van der Waals surface area contributed by atoms with E-state index in [0.29, 0.717) is 38.0 Å². The second-order valence-electron chi connectivity index (χ2n) is 7.77. The van der Waals surface area contributed by atoms with Crippen molar-refractivity contribution < 1.29 is 23.5 Å². The molecule has 0 N–H and O–H groups in total. The number of rotatable bonds is 3. The number of carbonyl (C=O) groups excluding carboxylic acids is 3. The van der Waals surface area contributed by atoms with Crippen LogP contribution in [-0.2, 0) is 4.74 Å². The van der Waals surface area contributed by atoms with Crippen molar-refractivity contribution in [3.05, 3.63) is 65.5 Å². The largest absolute Gasteiger partial charge is 0.444 e. The van der Waals surface area contributed by atoms with Crippen LogP contribution in [0.1, 0.15) is 55.3 Å². The molecular weight excluding hydrogens is 411 g/mol. The number of amides is 1. The van der Waals surface area contributed by atoms with E-state index in [4.69, 9.17) is 4.74 Å². The monoisotopic (exact) mass is 444 g/mol. The van der Waals surface area contributed by atoms with E-state index in [1.807, 2.05) is 58.9 Å². The van der Waals surface area contributed by atoms with Crippen molar-refractivity contribution in [3.63, 3.8) is 0 Å². The third-order valence-electron chi connectivity index (χ3n) is 4.37. The first-order chi connectivity index (χ1) is 15.2. The summed E-state index contributed by atoms with van der Waals surface area (Å²) in [6.45, 7) is 12.2. The van der Waals surface area contributed by atoms with E-state index in [1.165, 1.54) is 12.1 Å². The van der Waals surface area contributed by atoms with Gasteiger partial charge in [-0.25, -0.2) is 9.18 Å². The molecule has 1 fully saturated rings. The summed E-state index contributed by atoms with van der Waals surface area (Å²) < 4.78 is 17.7. The first kappa shape index (κ1) is 26.8. The van der Waals surface area contributed by atoms with Crippen molar-refractivity contribution in [2.75, 3.05) is 31.1 Å². The maximum absolute atomic E-state index is 12.4. The molecule has 6 nitrogen and oxygen atoms in total. The highest BCUT2D eigenvalue weighted by molar-refractivity contribution is 5.84. The van der Waals surface area contributed by atoms with Gasteiger partial charge in [0.2, 0.25) is 0 Å². The van der Waals surface area contributed by atoms with Crippen molar-refractivity contribution in [1.29, 1.82) is 0 Å². The molecule has 0 bridgehead atoms. The number of para-hydroxylation sites is 1. The molecule has 3 rings (SSSR count). The van der Waals surface area contributed by atoms with Crippen molar-refractivity contribution in [2.24, 2.45) is 0 Å². The summed E-state index contributed by atoms with van der Waals surface area (Å²) in [6.07, 6.45) is 1.09. The fraction of sp³-hybridized carbons (Fsp3) is 0.400. The fourth-order valence-corrected chi connectivity index (χ4v) is 2.90. The molecule has 0 aliphatic carbocycles. The molecule has 2 aromatic carbocycles. The number of anilines is 1. The number of nitrogens with zero attached hydrogens (tertiary/aromatic N) is 2. The molecule has 32 heavy (non-hydrogen) atoms. The molecule has 0 unspecified atom stereocenters. The van der Waals surface area contributed by atoms with E-state index in [9.17, 15) is 18.8 Å². The van der Waals surface area contributed by atoms with Crippen LogP contribution in [0.3, 0.4) is 0 Å². The first-order valence-corrected chi connectivity index (χ1v) is 10.7. The number of benzene rings is 2. The Morgan fingerprint density at radius 2 is 1.38 bits per heavy atom. The van der Waals surface area contributed by atoms with E-state index in [0.717, 1.165) is 12.0 Å². The third kappa shape index (κ3) is 8.49. The predicted octanol–water partition coefficient (Wildman–Crippen LogP) is 5.22. The standard InChI is InChI=1S/C16H22N2O3.C7H5FO.C2H6/c1-16(2,3)21-15(20)18-10-8-17(9-11-18)14-7-5-4-6-13(14)12-19;8-7-4-2-1-3-6(7)5-9;1-2/h4-7,12H,8-11H2,1-3H3;1-5H;1-2H3. The number of hydrogen-bond donors (Lipinski definition) is 0. The highest BCUT2D eigenvalue weighted by atomic mass is 19.1. The van der Waals surface area contributed by atoms with Gasteiger partial charge in [-0.2, -0.15) is 0 Å². The lowest BCUT2D eigenvalue weighted by Gasteiger charge is -2.37. The summed E-state index contributed by atoms with van der Waals surface area (Å²) in [7, 11) is 0. The maximum Gasteiger partial charge on any atom is 0.410 e. The van der Waals surface area contributed by atoms with Gasteiger partial charge in [0.25, 0.3) is 0 Å². The van der Waals surface area contributed by atoms with Crippen LogP contribution in [-0.4, -0.2) is 55.3 Å². The van der Waals surface area contributed by atoms with Gasteiger partial charge in [0.05, 0.1) is 5.56 Å². The summed E-state index contributed by atoms with van der Waals surface area (Å²) >= 11 is 0. The zero-order chi connectivity index (χ0) is 24.1. The lowest BCUT2D eigenvalue weighted by molar-refractivity contribution is 0.0240. The smallest absolute Gasteiger partial charge is 0.410 e. The van der Waals surface area contributed by atoms with Gasteiger partial charge in [0.15, 0.2) is 12.6 Å². The van der Waals surface area contributed by atoms with Gasteiger partial charge in [0.1, 0.15) is 11.4 Å². The number of ether oxygens (including phenoxy) is 1. The Kier molecular flexibility index (Phi) is 11.1. The molecule has 1 heterocycles. The zero-order valence-electron chi connectivity index (χ0n) is 19.5. The van der Waals surface area contributed by atoms with E-state index < -0.39 is 11.4 Å². The molecule has 1 aliphatic rings. The summed E-state index contributed by atoms with van der Waals surface area (Å²) in [4.78, 5) is 36.9. The quantitative estimate of drug-likeness (QED) is 0.607. The summed E-state index contributed by atoms with van der Waals surface area (Å²) in [6, 6.07) is 13.4. The van der Waals surface area contributed by atoms with Crippen molar-refractivity contribution >= 4 is 24.4 Å². The van der Waals surface area contributed by atoms with Gasteiger partial charge < -0.3 is 14.5 Å². The number of halogens is 1. The van der Waals surface area contributed by atoms with Crippen LogP contribution in [0.25, 0.3) is 0 Å². The van der Waals surface area contributed by atoms with Crippen LogP contribution in [0.2, 0.25) is 0 Å². The van der Waals surface area contributed by atoms with Crippen molar-refractivity contribution in [2.45, 2.75) is 40.2 Å². The topological polar surface area (TPSA) is 66.9 Å². The summed E-state index contributed by atoms with van der Waals surface area (Å²) in [5.74, 6) is -0.465. The van der Waals surface area contributed by atoms with Crippen molar-refractivity contribution in [3.8, 4) is 0 Å². The molecule has 0 spiro atoms. The molecule has 174 valence electrons. The van der Waals surface area contributed by atoms with Crippen LogP contribution in [0.15, 0.2) is 48.5 Å².